The maximum absolute atomic E-state index is 12.8. The number of para-hydroxylation sites is 1. The molecule has 4 aromatic rings. The monoisotopic (exact) mass is 530 g/mol. The summed E-state index contributed by atoms with van der Waals surface area (Å²) in [6.07, 6.45) is 0. The average molecular weight is 531 g/mol. The molecule has 0 aromatic heterocycles. The van der Waals surface area contributed by atoms with Crippen molar-refractivity contribution in [2.24, 2.45) is 0 Å². The van der Waals surface area contributed by atoms with Crippen molar-refractivity contribution < 1.29 is 27.5 Å². The van der Waals surface area contributed by atoms with Crippen LogP contribution < -0.4 is 14.8 Å². The third-order valence-corrected chi connectivity index (χ3v) is 6.83. The molecule has 0 bridgehead atoms. The van der Waals surface area contributed by atoms with Crippen LogP contribution in [0.4, 0.5) is 5.69 Å². The molecule has 0 aliphatic rings. The summed E-state index contributed by atoms with van der Waals surface area (Å²) in [5.74, 6) is 0.127. The zero-order valence-electron chi connectivity index (χ0n) is 20.5. The van der Waals surface area contributed by atoms with Gasteiger partial charge in [-0.1, -0.05) is 48.5 Å². The number of nitrogens with one attached hydrogen (secondary N) is 2. The molecule has 1 amide bonds. The Morgan fingerprint density at radius 1 is 0.763 bits per heavy atom. The van der Waals surface area contributed by atoms with Crippen molar-refractivity contribution in [1.29, 1.82) is 0 Å². The van der Waals surface area contributed by atoms with E-state index in [9.17, 15) is 18.0 Å². The second-order valence-electron chi connectivity index (χ2n) is 8.36. The average Bonchev–Trinajstić information content (AvgIpc) is 2.94. The molecule has 1 atom stereocenters. The Kier molecular flexibility index (Phi) is 8.40. The number of anilines is 1. The molecule has 9 heteroatoms. The van der Waals surface area contributed by atoms with Gasteiger partial charge in [-0.3, -0.25) is 9.52 Å². The smallest absolute Gasteiger partial charge is 0.328 e. The van der Waals surface area contributed by atoms with E-state index in [2.05, 4.69) is 10.0 Å². The number of amides is 1. The van der Waals surface area contributed by atoms with E-state index in [1.165, 1.54) is 31.2 Å². The number of rotatable bonds is 10. The van der Waals surface area contributed by atoms with Crippen LogP contribution in [0.25, 0.3) is 0 Å². The van der Waals surface area contributed by atoms with Crippen molar-refractivity contribution in [3.05, 3.63) is 120 Å². The van der Waals surface area contributed by atoms with Gasteiger partial charge in [0.25, 0.3) is 15.9 Å². The first kappa shape index (κ1) is 26.4. The van der Waals surface area contributed by atoms with E-state index in [0.29, 0.717) is 17.2 Å². The molecule has 0 saturated carbocycles. The molecule has 4 rings (SSSR count). The fraction of sp³-hybridized carbons (Fsp3) is 0.103. The van der Waals surface area contributed by atoms with Crippen LogP contribution in [0.5, 0.6) is 11.5 Å². The molecular formula is C29H26N2O6S. The normalized spacial score (nSPS) is 11.7. The third-order valence-electron chi connectivity index (χ3n) is 5.44. The predicted molar refractivity (Wildman–Crippen MR) is 143 cm³/mol. The molecule has 0 fully saturated rings. The molecule has 0 spiro atoms. The van der Waals surface area contributed by atoms with Gasteiger partial charge in [-0.05, 0) is 73.2 Å². The van der Waals surface area contributed by atoms with Gasteiger partial charge in [0.15, 0.2) is 0 Å². The van der Waals surface area contributed by atoms with Crippen molar-refractivity contribution in [2.75, 3.05) is 4.72 Å². The summed E-state index contributed by atoms with van der Waals surface area (Å²) < 4.78 is 39.1. The number of ether oxygens (including phenoxy) is 2. The van der Waals surface area contributed by atoms with E-state index in [-0.39, 0.29) is 17.1 Å². The van der Waals surface area contributed by atoms with Crippen LogP contribution in [-0.4, -0.2) is 26.3 Å². The van der Waals surface area contributed by atoms with Gasteiger partial charge in [-0.15, -0.1) is 0 Å². The van der Waals surface area contributed by atoms with Gasteiger partial charge in [-0.25, -0.2) is 13.2 Å². The van der Waals surface area contributed by atoms with E-state index in [0.717, 1.165) is 5.56 Å². The van der Waals surface area contributed by atoms with Gasteiger partial charge in [0.05, 0.1) is 4.90 Å². The molecule has 194 valence electrons. The first-order valence-corrected chi connectivity index (χ1v) is 13.3. The standard InChI is InChI=1S/C29H26N2O6S/c1-21(29(33)36-20-22-8-4-2-5-9-22)30-28(32)23-12-18-27(19-13-23)38(34,35)31-24-14-16-26(17-15-24)37-25-10-6-3-7-11-25/h2-19,21,31H,20H2,1H3,(H,30,32). The highest BCUT2D eigenvalue weighted by Crippen LogP contribution is 2.24. The quantitative estimate of drug-likeness (QED) is 0.275. The highest BCUT2D eigenvalue weighted by molar-refractivity contribution is 7.92. The molecule has 1 unspecified atom stereocenters. The number of carbonyl (C=O) groups excluding carboxylic acids is 2. The van der Waals surface area contributed by atoms with Gasteiger partial charge < -0.3 is 14.8 Å². The summed E-state index contributed by atoms with van der Waals surface area (Å²) >= 11 is 0. The Morgan fingerprint density at radius 3 is 1.97 bits per heavy atom. The summed E-state index contributed by atoms with van der Waals surface area (Å²) in [5, 5.41) is 2.56. The molecule has 0 heterocycles. The zero-order chi connectivity index (χ0) is 27.0. The van der Waals surface area contributed by atoms with Crippen LogP contribution in [-0.2, 0) is 26.2 Å². The molecule has 0 radical (unpaired) electrons. The molecule has 2 N–H and O–H groups in total. The molecule has 38 heavy (non-hydrogen) atoms. The van der Waals surface area contributed by atoms with Crippen LogP contribution in [0.3, 0.4) is 0 Å². The van der Waals surface area contributed by atoms with E-state index >= 15 is 0 Å². The SMILES string of the molecule is CC(NC(=O)c1ccc(S(=O)(=O)Nc2ccc(Oc3ccccc3)cc2)cc1)C(=O)OCc1ccccc1. The van der Waals surface area contributed by atoms with Gasteiger partial charge in [-0.2, -0.15) is 0 Å². The van der Waals surface area contributed by atoms with Gasteiger partial charge in [0.2, 0.25) is 0 Å². The Hall–Kier alpha value is -4.63. The minimum atomic E-state index is -3.89. The third kappa shape index (κ3) is 7.21. The lowest BCUT2D eigenvalue weighted by atomic mass is 10.2. The molecule has 0 saturated heterocycles. The molecule has 4 aromatic carbocycles. The van der Waals surface area contributed by atoms with Crippen molar-refractivity contribution in [2.45, 2.75) is 24.5 Å². The molecule has 0 aliphatic heterocycles. The first-order chi connectivity index (χ1) is 18.3. The summed E-state index contributed by atoms with van der Waals surface area (Å²) in [5.41, 5.74) is 1.39. The van der Waals surface area contributed by atoms with Crippen molar-refractivity contribution in [3.63, 3.8) is 0 Å². The number of sulfonamides is 1. The fourth-order valence-electron chi connectivity index (χ4n) is 3.41. The summed E-state index contributed by atoms with van der Waals surface area (Å²) in [4.78, 5) is 24.8. The van der Waals surface area contributed by atoms with Crippen molar-refractivity contribution in [3.8, 4) is 11.5 Å². The zero-order valence-corrected chi connectivity index (χ0v) is 21.4. The maximum atomic E-state index is 12.8. The van der Waals surface area contributed by atoms with Crippen LogP contribution in [0.2, 0.25) is 0 Å². The number of hydrogen-bond donors (Lipinski definition) is 2. The fourth-order valence-corrected chi connectivity index (χ4v) is 4.47. The largest absolute Gasteiger partial charge is 0.459 e. The molecule has 8 nitrogen and oxygen atoms in total. The van der Waals surface area contributed by atoms with Crippen molar-refractivity contribution in [1.82, 2.24) is 5.32 Å². The highest BCUT2D eigenvalue weighted by Gasteiger charge is 2.20. The Labute approximate surface area is 221 Å². The number of carbonyl (C=O) groups is 2. The van der Waals surface area contributed by atoms with Crippen molar-refractivity contribution >= 4 is 27.6 Å². The lowest BCUT2D eigenvalue weighted by Crippen LogP contribution is -2.39. The minimum absolute atomic E-state index is 0.0195. The molecular weight excluding hydrogens is 504 g/mol. The molecule has 0 aliphatic carbocycles. The number of esters is 1. The van der Waals surface area contributed by atoms with Crippen LogP contribution in [0.15, 0.2) is 114 Å². The van der Waals surface area contributed by atoms with Gasteiger partial charge in [0.1, 0.15) is 24.1 Å². The van der Waals surface area contributed by atoms with Crippen LogP contribution in [0.1, 0.15) is 22.8 Å². The van der Waals surface area contributed by atoms with E-state index in [4.69, 9.17) is 9.47 Å². The lowest BCUT2D eigenvalue weighted by molar-refractivity contribution is -0.146. The Balaban J connectivity index is 1.31. The summed E-state index contributed by atoms with van der Waals surface area (Å²) in [6.45, 7) is 1.62. The van der Waals surface area contributed by atoms with Gasteiger partial charge in [0, 0.05) is 11.3 Å². The number of hydrogen-bond acceptors (Lipinski definition) is 6. The Morgan fingerprint density at radius 2 is 1.34 bits per heavy atom. The maximum Gasteiger partial charge on any atom is 0.328 e. The predicted octanol–water partition coefficient (Wildman–Crippen LogP) is 5.14. The van der Waals surface area contributed by atoms with Crippen LogP contribution in [0, 0.1) is 0 Å². The first-order valence-electron chi connectivity index (χ1n) is 11.8. The second kappa shape index (κ2) is 12.1. The van der Waals surface area contributed by atoms with Gasteiger partial charge >= 0.3 is 5.97 Å². The minimum Gasteiger partial charge on any atom is -0.459 e. The highest BCUT2D eigenvalue weighted by atomic mass is 32.2. The van der Waals surface area contributed by atoms with E-state index in [1.807, 2.05) is 60.7 Å². The second-order valence-corrected chi connectivity index (χ2v) is 10.0. The number of benzene rings is 4. The van der Waals surface area contributed by atoms with E-state index < -0.39 is 27.9 Å². The lowest BCUT2D eigenvalue weighted by Gasteiger charge is -2.14. The Bertz CT molecular complexity index is 1470. The van der Waals surface area contributed by atoms with E-state index in [1.54, 1.807) is 24.3 Å². The summed E-state index contributed by atoms with van der Waals surface area (Å²) in [6, 6.07) is 29.4. The topological polar surface area (TPSA) is 111 Å². The summed E-state index contributed by atoms with van der Waals surface area (Å²) in [7, 11) is -3.89. The van der Waals surface area contributed by atoms with Crippen LogP contribution >= 0.6 is 0 Å².